The van der Waals surface area contributed by atoms with Crippen molar-refractivity contribution in [2.75, 3.05) is 12.0 Å². The highest BCUT2D eigenvalue weighted by atomic mass is 35.5. The van der Waals surface area contributed by atoms with Gasteiger partial charge in [0.15, 0.2) is 0 Å². The number of ether oxygens (including phenoxy) is 1. The second-order valence-electron chi connectivity index (χ2n) is 5.00. The van der Waals surface area contributed by atoms with Gasteiger partial charge in [-0.1, -0.05) is 35.3 Å². The van der Waals surface area contributed by atoms with Crippen molar-refractivity contribution in [1.82, 2.24) is 5.32 Å². The van der Waals surface area contributed by atoms with Crippen molar-refractivity contribution in [3.63, 3.8) is 0 Å². The maximum atomic E-state index is 12.5. The summed E-state index contributed by atoms with van der Waals surface area (Å²) < 4.78 is 5.08. The number of nitrogens with one attached hydrogen (secondary N) is 1. The van der Waals surface area contributed by atoms with Crippen LogP contribution >= 0.6 is 23.2 Å². The summed E-state index contributed by atoms with van der Waals surface area (Å²) in [6, 6.07) is 11.1. The Morgan fingerprint density at radius 3 is 2.58 bits per heavy atom. The molecule has 0 radical (unpaired) electrons. The molecule has 1 aliphatic rings. The summed E-state index contributed by atoms with van der Waals surface area (Å²) in [5.74, 6) is 0.0651. The first-order valence-electron chi connectivity index (χ1n) is 6.96. The quantitative estimate of drug-likeness (QED) is 0.660. The van der Waals surface area contributed by atoms with Crippen molar-refractivity contribution in [3.8, 4) is 5.75 Å². The number of carbonyl (C=O) groups is 2. The van der Waals surface area contributed by atoms with E-state index in [0.29, 0.717) is 27.0 Å². The van der Waals surface area contributed by atoms with E-state index in [4.69, 9.17) is 27.9 Å². The summed E-state index contributed by atoms with van der Waals surface area (Å²) in [5, 5.41) is 3.40. The molecule has 0 aliphatic carbocycles. The van der Waals surface area contributed by atoms with Gasteiger partial charge >= 0.3 is 6.03 Å². The average Bonchev–Trinajstić information content (AvgIpc) is 2.81. The number of urea groups is 1. The summed E-state index contributed by atoms with van der Waals surface area (Å²) in [6.45, 7) is 0. The molecule has 1 fully saturated rings. The SMILES string of the molecule is COc1ccc(/C=C2/NC(=O)N(c3cccc(Cl)c3)C2=O)cc1Cl. The summed E-state index contributed by atoms with van der Waals surface area (Å²) in [4.78, 5) is 25.7. The molecule has 0 atom stereocenters. The van der Waals surface area contributed by atoms with E-state index < -0.39 is 11.9 Å². The van der Waals surface area contributed by atoms with E-state index in [1.165, 1.54) is 7.11 Å². The standard InChI is InChI=1S/C17H12Cl2N2O3/c1-24-15-6-5-10(7-13(15)19)8-14-16(22)21(17(23)20-14)12-4-2-3-11(18)9-12/h2-9H,1H3,(H,20,23)/b14-8+. The van der Waals surface area contributed by atoms with Gasteiger partial charge in [0.1, 0.15) is 11.4 Å². The first-order chi connectivity index (χ1) is 11.5. The molecule has 1 saturated heterocycles. The van der Waals surface area contributed by atoms with Crippen LogP contribution in [0.25, 0.3) is 6.08 Å². The predicted molar refractivity (Wildman–Crippen MR) is 93.5 cm³/mol. The van der Waals surface area contributed by atoms with Crippen LogP contribution in [0.4, 0.5) is 10.5 Å². The van der Waals surface area contributed by atoms with Crippen LogP contribution in [0.15, 0.2) is 48.2 Å². The minimum Gasteiger partial charge on any atom is -0.495 e. The fraction of sp³-hybridized carbons (Fsp3) is 0.0588. The average molecular weight is 363 g/mol. The first-order valence-corrected chi connectivity index (χ1v) is 7.71. The van der Waals surface area contributed by atoms with Crippen LogP contribution < -0.4 is 15.0 Å². The van der Waals surface area contributed by atoms with Crippen LogP contribution in [0.2, 0.25) is 10.0 Å². The molecule has 0 aromatic heterocycles. The number of hydrogen-bond acceptors (Lipinski definition) is 3. The molecular formula is C17H12Cl2N2O3. The lowest BCUT2D eigenvalue weighted by Crippen LogP contribution is -2.30. The molecule has 3 rings (SSSR count). The van der Waals surface area contributed by atoms with Gasteiger partial charge in [-0.25, -0.2) is 9.69 Å². The highest BCUT2D eigenvalue weighted by Crippen LogP contribution is 2.28. The van der Waals surface area contributed by atoms with Crippen LogP contribution in [-0.4, -0.2) is 19.0 Å². The molecule has 0 bridgehead atoms. The van der Waals surface area contributed by atoms with Crippen molar-refractivity contribution in [1.29, 1.82) is 0 Å². The third kappa shape index (κ3) is 3.09. The number of rotatable bonds is 3. The molecule has 1 N–H and O–H groups in total. The summed E-state index contributed by atoms with van der Waals surface area (Å²) in [7, 11) is 1.52. The summed E-state index contributed by atoms with van der Waals surface area (Å²) in [5.41, 5.74) is 1.22. The van der Waals surface area contributed by atoms with Crippen LogP contribution in [0, 0.1) is 0 Å². The first kappa shape index (κ1) is 16.4. The molecule has 7 heteroatoms. The van der Waals surface area contributed by atoms with E-state index in [-0.39, 0.29) is 5.70 Å². The van der Waals surface area contributed by atoms with E-state index >= 15 is 0 Å². The minimum atomic E-state index is -0.534. The van der Waals surface area contributed by atoms with E-state index in [2.05, 4.69) is 5.32 Å². The van der Waals surface area contributed by atoms with Gasteiger partial charge in [0.2, 0.25) is 0 Å². The minimum absolute atomic E-state index is 0.154. The Morgan fingerprint density at radius 1 is 1.12 bits per heavy atom. The summed E-state index contributed by atoms with van der Waals surface area (Å²) >= 11 is 12.0. The Bertz CT molecular complexity index is 865. The van der Waals surface area contributed by atoms with Gasteiger partial charge in [0.25, 0.3) is 5.91 Å². The van der Waals surface area contributed by atoms with Crippen LogP contribution in [0.1, 0.15) is 5.56 Å². The molecule has 0 spiro atoms. The number of hydrogen-bond donors (Lipinski definition) is 1. The van der Waals surface area contributed by atoms with Crippen LogP contribution in [-0.2, 0) is 4.79 Å². The third-order valence-corrected chi connectivity index (χ3v) is 3.96. The Morgan fingerprint density at radius 2 is 1.92 bits per heavy atom. The van der Waals surface area contributed by atoms with Crippen molar-refractivity contribution in [2.45, 2.75) is 0 Å². The Labute approximate surface area is 148 Å². The number of imide groups is 1. The van der Waals surface area contributed by atoms with Crippen LogP contribution in [0.5, 0.6) is 5.75 Å². The fourth-order valence-electron chi connectivity index (χ4n) is 2.32. The molecule has 24 heavy (non-hydrogen) atoms. The number of anilines is 1. The van der Waals surface area contributed by atoms with E-state index in [9.17, 15) is 9.59 Å². The number of halogens is 2. The zero-order valence-electron chi connectivity index (χ0n) is 12.5. The molecule has 3 amide bonds. The lowest BCUT2D eigenvalue weighted by atomic mass is 10.2. The second kappa shape index (κ2) is 6.55. The number of nitrogens with zero attached hydrogens (tertiary/aromatic N) is 1. The van der Waals surface area contributed by atoms with Crippen molar-refractivity contribution >= 4 is 46.9 Å². The van der Waals surface area contributed by atoms with E-state index in [1.807, 2.05) is 0 Å². The van der Waals surface area contributed by atoms with E-state index in [0.717, 1.165) is 4.90 Å². The Kier molecular flexibility index (Phi) is 4.46. The highest BCUT2D eigenvalue weighted by Gasteiger charge is 2.34. The zero-order valence-corrected chi connectivity index (χ0v) is 14.1. The Balaban J connectivity index is 1.92. The maximum Gasteiger partial charge on any atom is 0.333 e. The molecule has 1 aliphatic heterocycles. The molecule has 2 aromatic rings. The third-order valence-electron chi connectivity index (χ3n) is 3.43. The fourth-order valence-corrected chi connectivity index (χ4v) is 2.77. The lowest BCUT2D eigenvalue weighted by molar-refractivity contribution is -0.113. The molecule has 0 saturated carbocycles. The van der Waals surface area contributed by atoms with Crippen molar-refractivity contribution in [2.24, 2.45) is 0 Å². The second-order valence-corrected chi connectivity index (χ2v) is 5.85. The number of carbonyl (C=O) groups excluding carboxylic acids is 2. The zero-order chi connectivity index (χ0) is 17.3. The monoisotopic (exact) mass is 362 g/mol. The van der Waals surface area contributed by atoms with Gasteiger partial charge < -0.3 is 10.1 Å². The topological polar surface area (TPSA) is 58.6 Å². The van der Waals surface area contributed by atoms with E-state index in [1.54, 1.807) is 48.5 Å². The van der Waals surface area contributed by atoms with Crippen molar-refractivity contribution in [3.05, 3.63) is 63.8 Å². The molecule has 122 valence electrons. The number of benzene rings is 2. The van der Waals surface area contributed by atoms with Gasteiger partial charge in [-0.3, -0.25) is 4.79 Å². The molecule has 0 unspecified atom stereocenters. The molecule has 5 nitrogen and oxygen atoms in total. The smallest absolute Gasteiger partial charge is 0.333 e. The Hall–Kier alpha value is -2.50. The molecule has 1 heterocycles. The normalized spacial score (nSPS) is 15.8. The predicted octanol–water partition coefficient (Wildman–Crippen LogP) is 4.10. The van der Waals surface area contributed by atoms with Gasteiger partial charge in [-0.05, 0) is 42.0 Å². The largest absolute Gasteiger partial charge is 0.495 e. The van der Waals surface area contributed by atoms with Gasteiger partial charge in [-0.2, -0.15) is 0 Å². The summed E-state index contributed by atoms with van der Waals surface area (Å²) in [6.07, 6.45) is 1.55. The highest BCUT2D eigenvalue weighted by molar-refractivity contribution is 6.33. The number of amides is 3. The molecular weight excluding hydrogens is 351 g/mol. The number of methoxy groups -OCH3 is 1. The van der Waals surface area contributed by atoms with Gasteiger partial charge in [-0.15, -0.1) is 0 Å². The van der Waals surface area contributed by atoms with Crippen molar-refractivity contribution < 1.29 is 14.3 Å². The molecule has 2 aromatic carbocycles. The van der Waals surface area contributed by atoms with Gasteiger partial charge in [0, 0.05) is 5.02 Å². The maximum absolute atomic E-state index is 12.5. The van der Waals surface area contributed by atoms with Crippen LogP contribution in [0.3, 0.4) is 0 Å². The lowest BCUT2D eigenvalue weighted by Gasteiger charge is -2.11. The van der Waals surface area contributed by atoms with Gasteiger partial charge in [0.05, 0.1) is 17.8 Å².